The maximum atomic E-state index is 13.1. The van der Waals surface area contributed by atoms with Gasteiger partial charge in [-0.05, 0) is 63.9 Å². The van der Waals surface area contributed by atoms with Gasteiger partial charge in [0.25, 0.3) is 0 Å². The average Bonchev–Trinajstić information content (AvgIpc) is 2.82. The summed E-state index contributed by atoms with van der Waals surface area (Å²) in [4.78, 5) is 0. The van der Waals surface area contributed by atoms with Crippen molar-refractivity contribution in [3.63, 3.8) is 0 Å². The molecule has 0 amide bonds. The lowest BCUT2D eigenvalue weighted by Crippen LogP contribution is -1.99. The number of allylic oxidation sites excluding steroid dienone is 1. The number of nitriles is 1. The molecule has 5 heteroatoms. The van der Waals surface area contributed by atoms with E-state index in [1.165, 1.54) is 19.2 Å². The number of hydrogen-bond donors (Lipinski definition) is 0. The minimum absolute atomic E-state index is 0.214. The molecule has 0 aliphatic rings. The summed E-state index contributed by atoms with van der Waals surface area (Å²) in [6.45, 7) is 0.214. The number of rotatable bonds is 6. The summed E-state index contributed by atoms with van der Waals surface area (Å²) in [7, 11) is 1.53. The van der Waals surface area contributed by atoms with E-state index in [2.05, 4.69) is 6.07 Å². The van der Waals surface area contributed by atoms with E-state index in [4.69, 9.17) is 21.1 Å². The van der Waals surface area contributed by atoms with Crippen LogP contribution in [0.2, 0.25) is 5.02 Å². The Kier molecular flexibility index (Phi) is 6.39. The van der Waals surface area contributed by atoms with E-state index in [1.54, 1.807) is 30.3 Å². The van der Waals surface area contributed by atoms with Gasteiger partial charge in [-0.2, -0.15) is 5.26 Å². The Labute approximate surface area is 190 Å². The molecule has 0 fully saturated rings. The van der Waals surface area contributed by atoms with Crippen LogP contribution in [-0.4, -0.2) is 7.11 Å². The number of benzene rings is 4. The van der Waals surface area contributed by atoms with E-state index in [-0.39, 0.29) is 12.4 Å². The predicted octanol–water partition coefficient (Wildman–Crippen LogP) is 7.28. The SMILES string of the molecule is COc1cc(/C=C(/C#N)c2ccc3ccccc3c2)cc(Cl)c1OCc1ccc(F)cc1. The predicted molar refractivity (Wildman–Crippen MR) is 126 cm³/mol. The van der Waals surface area contributed by atoms with E-state index >= 15 is 0 Å². The van der Waals surface area contributed by atoms with Crippen LogP contribution in [0.1, 0.15) is 16.7 Å². The van der Waals surface area contributed by atoms with Gasteiger partial charge in [-0.3, -0.25) is 0 Å². The molecular weight excluding hydrogens is 425 g/mol. The van der Waals surface area contributed by atoms with Gasteiger partial charge < -0.3 is 9.47 Å². The molecule has 4 rings (SSSR count). The van der Waals surface area contributed by atoms with Gasteiger partial charge in [0.05, 0.1) is 23.8 Å². The number of hydrogen-bond acceptors (Lipinski definition) is 3. The highest BCUT2D eigenvalue weighted by Crippen LogP contribution is 2.38. The molecular formula is C27H19ClFNO2. The van der Waals surface area contributed by atoms with E-state index < -0.39 is 0 Å². The number of ether oxygens (including phenoxy) is 2. The fourth-order valence-corrected chi connectivity index (χ4v) is 3.68. The highest BCUT2D eigenvalue weighted by Gasteiger charge is 2.13. The van der Waals surface area contributed by atoms with Crippen molar-refractivity contribution >= 4 is 34.0 Å². The van der Waals surface area contributed by atoms with Crippen molar-refractivity contribution < 1.29 is 13.9 Å². The van der Waals surface area contributed by atoms with Gasteiger partial charge in [-0.25, -0.2) is 4.39 Å². The Morgan fingerprint density at radius 1 is 1.00 bits per heavy atom. The molecule has 3 nitrogen and oxygen atoms in total. The van der Waals surface area contributed by atoms with Crippen LogP contribution in [0.5, 0.6) is 11.5 Å². The number of nitrogens with zero attached hydrogens (tertiary/aromatic N) is 1. The van der Waals surface area contributed by atoms with Crippen LogP contribution in [0.25, 0.3) is 22.4 Å². The van der Waals surface area contributed by atoms with Gasteiger partial charge in [-0.1, -0.05) is 60.1 Å². The summed E-state index contributed by atoms with van der Waals surface area (Å²) >= 11 is 6.48. The van der Waals surface area contributed by atoms with E-state index in [1.807, 2.05) is 42.5 Å². The normalized spacial score (nSPS) is 11.2. The third-order valence-electron chi connectivity index (χ3n) is 5.04. The van der Waals surface area contributed by atoms with Crippen LogP contribution >= 0.6 is 11.6 Å². The van der Waals surface area contributed by atoms with Crippen molar-refractivity contribution in [3.05, 3.63) is 106 Å². The summed E-state index contributed by atoms with van der Waals surface area (Å²) in [6, 6.07) is 25.7. The second-order valence-electron chi connectivity index (χ2n) is 7.18. The average molecular weight is 444 g/mol. The zero-order chi connectivity index (χ0) is 22.5. The van der Waals surface area contributed by atoms with Gasteiger partial charge in [0.1, 0.15) is 12.4 Å². The van der Waals surface area contributed by atoms with Crippen LogP contribution < -0.4 is 9.47 Å². The maximum Gasteiger partial charge on any atom is 0.180 e. The Balaban J connectivity index is 1.63. The van der Waals surface area contributed by atoms with Crippen LogP contribution in [0.4, 0.5) is 4.39 Å². The number of methoxy groups -OCH3 is 1. The quantitative estimate of drug-likeness (QED) is 0.232. The number of halogens is 2. The third-order valence-corrected chi connectivity index (χ3v) is 5.32. The molecule has 0 aromatic heterocycles. The fourth-order valence-electron chi connectivity index (χ4n) is 3.40. The minimum Gasteiger partial charge on any atom is -0.493 e. The molecule has 4 aromatic carbocycles. The topological polar surface area (TPSA) is 42.2 Å². The maximum absolute atomic E-state index is 13.1. The molecule has 0 saturated heterocycles. The van der Waals surface area contributed by atoms with E-state index in [9.17, 15) is 9.65 Å². The van der Waals surface area contributed by atoms with Gasteiger partial charge in [0.15, 0.2) is 11.5 Å². The van der Waals surface area contributed by atoms with Crippen molar-refractivity contribution in [1.29, 1.82) is 5.26 Å². The number of fused-ring (bicyclic) bond motifs is 1. The van der Waals surface area contributed by atoms with Gasteiger partial charge in [-0.15, -0.1) is 0 Å². The van der Waals surface area contributed by atoms with Gasteiger partial charge in [0, 0.05) is 0 Å². The molecule has 0 spiro atoms. The van der Waals surface area contributed by atoms with Crippen molar-refractivity contribution in [1.82, 2.24) is 0 Å². The molecule has 0 aliphatic carbocycles. The molecule has 4 aromatic rings. The smallest absolute Gasteiger partial charge is 0.180 e. The molecule has 0 bridgehead atoms. The Morgan fingerprint density at radius 3 is 2.47 bits per heavy atom. The fraction of sp³-hybridized carbons (Fsp3) is 0.0741. The summed E-state index contributed by atoms with van der Waals surface area (Å²) < 4.78 is 24.4. The summed E-state index contributed by atoms with van der Waals surface area (Å²) in [5, 5.41) is 12.3. The lowest BCUT2D eigenvalue weighted by atomic mass is 10.00. The minimum atomic E-state index is -0.305. The largest absolute Gasteiger partial charge is 0.493 e. The molecule has 0 aliphatic heterocycles. The van der Waals surface area contributed by atoms with Gasteiger partial charge in [0.2, 0.25) is 0 Å². The highest BCUT2D eigenvalue weighted by atomic mass is 35.5. The molecule has 0 atom stereocenters. The Hall–Kier alpha value is -3.81. The molecule has 32 heavy (non-hydrogen) atoms. The first-order valence-corrected chi connectivity index (χ1v) is 10.3. The van der Waals surface area contributed by atoms with Crippen molar-refractivity contribution in [2.24, 2.45) is 0 Å². The second-order valence-corrected chi connectivity index (χ2v) is 7.59. The molecule has 0 saturated carbocycles. The first-order chi connectivity index (χ1) is 15.6. The van der Waals surface area contributed by atoms with Crippen LogP contribution in [0.15, 0.2) is 78.9 Å². The zero-order valence-electron chi connectivity index (χ0n) is 17.3. The zero-order valence-corrected chi connectivity index (χ0v) is 18.1. The summed E-state index contributed by atoms with van der Waals surface area (Å²) in [6.07, 6.45) is 1.77. The van der Waals surface area contributed by atoms with Crippen LogP contribution in [0, 0.1) is 17.1 Å². The first-order valence-electron chi connectivity index (χ1n) is 9.93. The van der Waals surface area contributed by atoms with E-state index in [0.29, 0.717) is 27.7 Å². The van der Waals surface area contributed by atoms with Crippen molar-refractivity contribution in [3.8, 4) is 17.6 Å². The standard InChI is InChI=1S/C27H19ClFNO2/c1-31-26-14-19(13-25(28)27(26)32-17-18-6-10-24(29)11-7-18)12-23(16-30)22-9-8-20-4-2-3-5-21(20)15-22/h2-15H,17H2,1H3/b23-12-. The summed E-state index contributed by atoms with van der Waals surface area (Å²) in [5.41, 5.74) is 2.84. The monoisotopic (exact) mass is 443 g/mol. The van der Waals surface area contributed by atoms with Crippen LogP contribution in [-0.2, 0) is 6.61 Å². The lowest BCUT2D eigenvalue weighted by molar-refractivity contribution is 0.284. The van der Waals surface area contributed by atoms with E-state index in [0.717, 1.165) is 21.9 Å². The Morgan fingerprint density at radius 2 is 1.75 bits per heavy atom. The molecule has 0 heterocycles. The third kappa shape index (κ3) is 4.74. The lowest BCUT2D eigenvalue weighted by Gasteiger charge is -2.14. The summed E-state index contributed by atoms with van der Waals surface area (Å²) in [5.74, 6) is 0.529. The van der Waals surface area contributed by atoms with Crippen molar-refractivity contribution in [2.75, 3.05) is 7.11 Å². The molecule has 0 unspecified atom stereocenters. The Bertz CT molecular complexity index is 1340. The first kappa shape index (κ1) is 21.4. The molecule has 0 radical (unpaired) electrons. The van der Waals surface area contributed by atoms with Gasteiger partial charge >= 0.3 is 0 Å². The van der Waals surface area contributed by atoms with Crippen LogP contribution in [0.3, 0.4) is 0 Å². The molecule has 0 N–H and O–H groups in total. The highest BCUT2D eigenvalue weighted by molar-refractivity contribution is 6.32. The molecule has 158 valence electrons. The van der Waals surface area contributed by atoms with Crippen molar-refractivity contribution in [2.45, 2.75) is 6.61 Å². The second kappa shape index (κ2) is 9.55.